The van der Waals surface area contributed by atoms with Gasteiger partial charge in [0.25, 0.3) is 0 Å². The third-order valence-corrected chi connectivity index (χ3v) is 4.89. The van der Waals surface area contributed by atoms with Crippen LogP contribution in [0.1, 0.15) is 36.9 Å². The van der Waals surface area contributed by atoms with Gasteiger partial charge in [0.05, 0.1) is 6.04 Å². The van der Waals surface area contributed by atoms with E-state index in [9.17, 15) is 13.6 Å². The molecule has 1 aliphatic rings. The highest BCUT2D eigenvalue weighted by Crippen LogP contribution is 2.23. The van der Waals surface area contributed by atoms with Crippen molar-refractivity contribution in [1.82, 2.24) is 10.6 Å². The van der Waals surface area contributed by atoms with Crippen molar-refractivity contribution in [3.05, 3.63) is 71.3 Å². The molecule has 0 aromatic heterocycles. The topological polar surface area (TPSA) is 41.1 Å². The molecule has 1 amide bonds. The van der Waals surface area contributed by atoms with Crippen molar-refractivity contribution in [2.24, 2.45) is 5.92 Å². The molecular formula is C21H24F2N2O. The molecular weight excluding hydrogens is 334 g/mol. The number of rotatable bonds is 5. The van der Waals surface area contributed by atoms with E-state index in [-0.39, 0.29) is 23.5 Å². The molecule has 0 saturated carbocycles. The van der Waals surface area contributed by atoms with Gasteiger partial charge in [-0.3, -0.25) is 4.79 Å². The van der Waals surface area contributed by atoms with Gasteiger partial charge in [-0.2, -0.15) is 0 Å². The second-order valence-corrected chi connectivity index (χ2v) is 7.03. The lowest BCUT2D eigenvalue weighted by Crippen LogP contribution is -2.43. The minimum atomic E-state index is -0.398. The first-order valence-corrected chi connectivity index (χ1v) is 9.05. The molecule has 1 aliphatic heterocycles. The van der Waals surface area contributed by atoms with Gasteiger partial charge >= 0.3 is 0 Å². The van der Waals surface area contributed by atoms with Crippen molar-refractivity contribution in [2.75, 3.05) is 6.54 Å². The van der Waals surface area contributed by atoms with Crippen LogP contribution in [0.2, 0.25) is 0 Å². The first kappa shape index (κ1) is 18.5. The predicted octanol–water partition coefficient (Wildman–Crippen LogP) is 3.75. The first-order chi connectivity index (χ1) is 12.5. The van der Waals surface area contributed by atoms with Gasteiger partial charge in [0.1, 0.15) is 11.6 Å². The number of piperidine rings is 1. The molecule has 0 bridgehead atoms. The molecule has 0 radical (unpaired) electrons. The van der Waals surface area contributed by atoms with E-state index in [2.05, 4.69) is 17.6 Å². The third kappa shape index (κ3) is 4.88. The summed E-state index contributed by atoms with van der Waals surface area (Å²) in [5, 5.41) is 6.40. The Hall–Kier alpha value is -2.27. The van der Waals surface area contributed by atoms with E-state index >= 15 is 0 Å². The zero-order valence-electron chi connectivity index (χ0n) is 14.8. The maximum Gasteiger partial charge on any atom is 0.223 e. The molecule has 3 rings (SSSR count). The molecule has 1 fully saturated rings. The Morgan fingerprint density at radius 1 is 1.19 bits per heavy atom. The number of carbonyl (C=O) groups is 1. The van der Waals surface area contributed by atoms with Crippen molar-refractivity contribution in [3.63, 3.8) is 0 Å². The summed E-state index contributed by atoms with van der Waals surface area (Å²) < 4.78 is 27.2. The lowest BCUT2D eigenvalue weighted by atomic mass is 9.91. The van der Waals surface area contributed by atoms with Gasteiger partial charge in [0.2, 0.25) is 5.91 Å². The predicted molar refractivity (Wildman–Crippen MR) is 97.6 cm³/mol. The lowest BCUT2D eigenvalue weighted by molar-refractivity contribution is -0.126. The van der Waals surface area contributed by atoms with Crippen LogP contribution in [0.3, 0.4) is 0 Å². The van der Waals surface area contributed by atoms with Gasteiger partial charge in [-0.05, 0) is 68.1 Å². The van der Waals surface area contributed by atoms with Gasteiger partial charge in [0, 0.05) is 12.0 Å². The molecule has 0 spiro atoms. The average Bonchev–Trinajstić information content (AvgIpc) is 2.61. The third-order valence-electron chi connectivity index (χ3n) is 4.89. The van der Waals surface area contributed by atoms with E-state index in [0.717, 1.165) is 24.9 Å². The van der Waals surface area contributed by atoms with Crippen LogP contribution in [-0.2, 0) is 11.2 Å². The number of hydrogen-bond acceptors (Lipinski definition) is 2. The summed E-state index contributed by atoms with van der Waals surface area (Å²) in [6.07, 6.45) is 1.97. The Bertz CT molecular complexity index is 765. The minimum absolute atomic E-state index is 0.0241. The van der Waals surface area contributed by atoms with Gasteiger partial charge in [-0.15, -0.1) is 0 Å². The zero-order valence-corrected chi connectivity index (χ0v) is 14.8. The largest absolute Gasteiger partial charge is 0.349 e. The van der Waals surface area contributed by atoms with Crippen LogP contribution in [0, 0.1) is 17.6 Å². The van der Waals surface area contributed by atoms with E-state index in [4.69, 9.17) is 0 Å². The first-order valence-electron chi connectivity index (χ1n) is 9.05. The maximum absolute atomic E-state index is 13.7. The number of nitrogens with one attached hydrogen (secondary N) is 2. The molecule has 1 unspecified atom stereocenters. The maximum atomic E-state index is 13.7. The summed E-state index contributed by atoms with van der Waals surface area (Å²) in [6, 6.07) is 12.4. The molecule has 1 heterocycles. The fourth-order valence-electron chi connectivity index (χ4n) is 3.53. The molecule has 138 valence electrons. The highest BCUT2D eigenvalue weighted by atomic mass is 19.1. The number of carbonyl (C=O) groups excluding carboxylic acids is 1. The van der Waals surface area contributed by atoms with Crippen molar-refractivity contribution in [1.29, 1.82) is 0 Å². The summed E-state index contributed by atoms with van der Waals surface area (Å²) >= 11 is 0. The van der Waals surface area contributed by atoms with Crippen LogP contribution < -0.4 is 10.6 Å². The van der Waals surface area contributed by atoms with Gasteiger partial charge in [-0.25, -0.2) is 8.78 Å². The molecule has 26 heavy (non-hydrogen) atoms. The summed E-state index contributed by atoms with van der Waals surface area (Å²) in [5.41, 5.74) is 1.45. The summed E-state index contributed by atoms with van der Waals surface area (Å²) in [6.45, 7) is 2.88. The fraction of sp³-hybridized carbons (Fsp3) is 0.381. The normalized spacial score (nSPS) is 21.2. The van der Waals surface area contributed by atoms with Crippen LogP contribution in [0.25, 0.3) is 0 Å². The van der Waals surface area contributed by atoms with E-state index < -0.39 is 6.04 Å². The zero-order chi connectivity index (χ0) is 18.5. The number of amides is 1. The highest BCUT2D eigenvalue weighted by Gasteiger charge is 2.27. The van der Waals surface area contributed by atoms with Crippen LogP contribution >= 0.6 is 0 Å². The molecule has 3 nitrogen and oxygen atoms in total. The molecule has 1 saturated heterocycles. The van der Waals surface area contributed by atoms with Gasteiger partial charge < -0.3 is 10.6 Å². The van der Waals surface area contributed by atoms with E-state index in [1.165, 1.54) is 24.3 Å². The van der Waals surface area contributed by atoms with Crippen molar-refractivity contribution in [2.45, 2.75) is 38.3 Å². The van der Waals surface area contributed by atoms with Crippen LogP contribution in [0.4, 0.5) is 8.78 Å². The van der Waals surface area contributed by atoms with E-state index in [1.54, 1.807) is 18.2 Å². The Labute approximate surface area is 152 Å². The Morgan fingerprint density at radius 3 is 2.62 bits per heavy atom. The van der Waals surface area contributed by atoms with E-state index in [1.807, 2.05) is 6.07 Å². The van der Waals surface area contributed by atoms with Gasteiger partial charge in [0.15, 0.2) is 0 Å². The highest BCUT2D eigenvalue weighted by molar-refractivity contribution is 5.79. The fourth-order valence-corrected chi connectivity index (χ4v) is 3.53. The van der Waals surface area contributed by atoms with Crippen molar-refractivity contribution < 1.29 is 13.6 Å². The Morgan fingerprint density at radius 2 is 1.92 bits per heavy atom. The number of benzene rings is 2. The Balaban J connectivity index is 1.79. The summed E-state index contributed by atoms with van der Waals surface area (Å²) in [4.78, 5) is 12.8. The Kier molecular flexibility index (Phi) is 5.99. The van der Waals surface area contributed by atoms with Gasteiger partial charge in [-0.1, -0.05) is 24.3 Å². The van der Waals surface area contributed by atoms with Crippen molar-refractivity contribution >= 4 is 5.91 Å². The summed E-state index contributed by atoms with van der Waals surface area (Å²) in [5.74, 6) is -0.755. The lowest BCUT2D eigenvalue weighted by Gasteiger charge is -2.29. The van der Waals surface area contributed by atoms with Crippen LogP contribution in [0.15, 0.2) is 48.5 Å². The smallest absolute Gasteiger partial charge is 0.223 e. The van der Waals surface area contributed by atoms with Crippen LogP contribution in [-0.4, -0.2) is 18.5 Å². The quantitative estimate of drug-likeness (QED) is 0.855. The number of halogens is 2. The SMILES string of the molecule is C[C@H]1C[C@@H](C(=O)NC(Cc2cccc(F)c2)c2cccc(F)c2)CCN1. The molecule has 5 heteroatoms. The van der Waals surface area contributed by atoms with Crippen LogP contribution in [0.5, 0.6) is 0 Å². The van der Waals surface area contributed by atoms with E-state index in [0.29, 0.717) is 18.0 Å². The average molecular weight is 358 g/mol. The molecule has 2 N–H and O–H groups in total. The second kappa shape index (κ2) is 8.41. The molecule has 3 atom stereocenters. The molecule has 0 aliphatic carbocycles. The minimum Gasteiger partial charge on any atom is -0.349 e. The summed E-state index contributed by atoms with van der Waals surface area (Å²) in [7, 11) is 0. The second-order valence-electron chi connectivity index (χ2n) is 7.03. The molecule has 2 aromatic carbocycles. The molecule has 2 aromatic rings. The monoisotopic (exact) mass is 358 g/mol. The standard InChI is InChI=1S/C21H24F2N2O/c1-14-10-17(8-9-24-14)21(26)25-20(16-5-3-7-19(23)13-16)12-15-4-2-6-18(22)11-15/h2-7,11,13-14,17,20,24H,8-10,12H2,1H3,(H,25,26)/t14-,17-,20?/m0/s1. The number of hydrogen-bond donors (Lipinski definition) is 2. The van der Waals surface area contributed by atoms with Crippen molar-refractivity contribution in [3.8, 4) is 0 Å².